The van der Waals surface area contributed by atoms with Crippen LogP contribution in [0.2, 0.25) is 0 Å². The third-order valence-corrected chi connectivity index (χ3v) is 3.78. The minimum atomic E-state index is -0.612. The molecular formula is C16H17N3O3. The Morgan fingerprint density at radius 1 is 1.27 bits per heavy atom. The van der Waals surface area contributed by atoms with Crippen LogP contribution in [0.1, 0.15) is 24.5 Å². The van der Waals surface area contributed by atoms with Gasteiger partial charge >= 0.3 is 0 Å². The first-order valence-corrected chi connectivity index (χ1v) is 7.25. The number of nitro groups is 1. The van der Waals surface area contributed by atoms with Gasteiger partial charge in [-0.1, -0.05) is 30.3 Å². The van der Waals surface area contributed by atoms with Gasteiger partial charge < -0.3 is 10.0 Å². The Bertz CT molecular complexity index is 641. The minimum absolute atomic E-state index is 0.0249. The number of benzene rings is 1. The summed E-state index contributed by atoms with van der Waals surface area (Å²) in [5.41, 5.74) is 0.832. The summed E-state index contributed by atoms with van der Waals surface area (Å²) in [5, 5.41) is 21.1. The van der Waals surface area contributed by atoms with Gasteiger partial charge in [0.2, 0.25) is 0 Å². The third-order valence-electron chi connectivity index (χ3n) is 3.78. The van der Waals surface area contributed by atoms with Crippen molar-refractivity contribution in [2.45, 2.75) is 25.0 Å². The number of aliphatic hydroxyl groups excluding tert-OH is 1. The minimum Gasteiger partial charge on any atom is -0.387 e. The van der Waals surface area contributed by atoms with Crippen LogP contribution in [0.4, 0.5) is 11.5 Å². The predicted molar refractivity (Wildman–Crippen MR) is 82.7 cm³/mol. The van der Waals surface area contributed by atoms with E-state index in [-0.39, 0.29) is 5.69 Å². The molecule has 1 atom stereocenters. The van der Waals surface area contributed by atoms with Crippen LogP contribution in [0.3, 0.4) is 0 Å². The highest BCUT2D eigenvalue weighted by Crippen LogP contribution is 2.32. The molecule has 0 radical (unpaired) electrons. The van der Waals surface area contributed by atoms with E-state index in [2.05, 4.69) is 4.98 Å². The molecule has 1 aromatic carbocycles. The first-order chi connectivity index (χ1) is 10.6. The highest BCUT2D eigenvalue weighted by molar-refractivity contribution is 5.45. The molecule has 114 valence electrons. The first kappa shape index (κ1) is 14.5. The van der Waals surface area contributed by atoms with Gasteiger partial charge in [-0.2, -0.15) is 0 Å². The number of pyridine rings is 1. The number of anilines is 1. The average Bonchev–Trinajstić information content (AvgIpc) is 3.38. The smallest absolute Gasteiger partial charge is 0.287 e. The van der Waals surface area contributed by atoms with Crippen molar-refractivity contribution in [1.82, 2.24) is 4.98 Å². The third kappa shape index (κ3) is 3.23. The Morgan fingerprint density at radius 2 is 2.00 bits per heavy atom. The van der Waals surface area contributed by atoms with Crippen molar-refractivity contribution in [1.29, 1.82) is 0 Å². The van der Waals surface area contributed by atoms with Crippen molar-refractivity contribution in [3.05, 3.63) is 64.3 Å². The monoisotopic (exact) mass is 299 g/mol. The molecule has 1 unspecified atom stereocenters. The van der Waals surface area contributed by atoms with Crippen LogP contribution < -0.4 is 4.90 Å². The Balaban J connectivity index is 1.77. The summed E-state index contributed by atoms with van der Waals surface area (Å²) >= 11 is 0. The van der Waals surface area contributed by atoms with Gasteiger partial charge in [0.15, 0.2) is 0 Å². The van der Waals surface area contributed by atoms with Crippen molar-refractivity contribution < 1.29 is 10.0 Å². The predicted octanol–water partition coefficient (Wildman–Crippen LogP) is 2.69. The van der Waals surface area contributed by atoms with Gasteiger partial charge in [0.05, 0.1) is 11.0 Å². The van der Waals surface area contributed by atoms with Crippen LogP contribution in [0, 0.1) is 10.1 Å². The summed E-state index contributed by atoms with van der Waals surface area (Å²) in [6.45, 7) is 0.430. The topological polar surface area (TPSA) is 79.5 Å². The van der Waals surface area contributed by atoms with E-state index in [0.717, 1.165) is 18.4 Å². The van der Waals surface area contributed by atoms with Crippen LogP contribution in [-0.4, -0.2) is 27.6 Å². The molecule has 1 fully saturated rings. The summed E-state index contributed by atoms with van der Waals surface area (Å²) in [7, 11) is 0. The number of hydrogen-bond acceptors (Lipinski definition) is 5. The van der Waals surface area contributed by atoms with Crippen molar-refractivity contribution in [3.63, 3.8) is 0 Å². The lowest BCUT2D eigenvalue weighted by atomic mass is 10.1. The molecular weight excluding hydrogens is 282 g/mol. The molecule has 1 saturated carbocycles. The molecule has 22 heavy (non-hydrogen) atoms. The van der Waals surface area contributed by atoms with Crippen molar-refractivity contribution in [3.8, 4) is 0 Å². The van der Waals surface area contributed by atoms with Crippen LogP contribution in [-0.2, 0) is 0 Å². The summed E-state index contributed by atoms with van der Waals surface area (Å²) in [4.78, 5) is 16.5. The number of aromatic nitrogens is 1. The van der Waals surface area contributed by atoms with E-state index >= 15 is 0 Å². The maximum absolute atomic E-state index is 10.7. The van der Waals surface area contributed by atoms with E-state index in [1.165, 1.54) is 12.3 Å². The van der Waals surface area contributed by atoms with E-state index in [4.69, 9.17) is 0 Å². The zero-order valence-corrected chi connectivity index (χ0v) is 12.0. The molecule has 3 rings (SSSR count). The summed E-state index contributed by atoms with van der Waals surface area (Å²) in [6, 6.07) is 12.9. The zero-order chi connectivity index (χ0) is 15.5. The molecule has 1 aliphatic rings. The largest absolute Gasteiger partial charge is 0.387 e. The molecule has 1 aromatic heterocycles. The molecule has 1 aliphatic carbocycles. The number of nitrogens with zero attached hydrogens (tertiary/aromatic N) is 3. The average molecular weight is 299 g/mol. The highest BCUT2D eigenvalue weighted by atomic mass is 16.6. The molecule has 0 spiro atoms. The second kappa shape index (κ2) is 6.11. The van der Waals surface area contributed by atoms with Gasteiger partial charge in [-0.05, 0) is 24.5 Å². The van der Waals surface area contributed by atoms with E-state index < -0.39 is 11.0 Å². The van der Waals surface area contributed by atoms with E-state index in [1.807, 2.05) is 35.2 Å². The molecule has 6 nitrogen and oxygen atoms in total. The van der Waals surface area contributed by atoms with Gasteiger partial charge in [0, 0.05) is 18.7 Å². The van der Waals surface area contributed by atoms with E-state index in [0.29, 0.717) is 18.4 Å². The van der Waals surface area contributed by atoms with Crippen molar-refractivity contribution in [2.75, 3.05) is 11.4 Å². The zero-order valence-electron chi connectivity index (χ0n) is 12.0. The fourth-order valence-electron chi connectivity index (χ4n) is 2.44. The fourth-order valence-corrected chi connectivity index (χ4v) is 2.44. The SMILES string of the molecule is O=[N+]([O-])c1ccc(N(CC(O)c2ccccc2)C2CC2)nc1. The van der Waals surface area contributed by atoms with Crippen LogP contribution in [0.5, 0.6) is 0 Å². The lowest BCUT2D eigenvalue weighted by Crippen LogP contribution is -2.31. The van der Waals surface area contributed by atoms with Gasteiger partial charge in [-0.15, -0.1) is 0 Å². The maximum Gasteiger partial charge on any atom is 0.287 e. The lowest BCUT2D eigenvalue weighted by molar-refractivity contribution is -0.385. The fraction of sp³-hybridized carbons (Fsp3) is 0.312. The van der Waals surface area contributed by atoms with E-state index in [9.17, 15) is 15.2 Å². The summed E-state index contributed by atoms with van der Waals surface area (Å²) < 4.78 is 0. The lowest BCUT2D eigenvalue weighted by Gasteiger charge is -2.26. The highest BCUT2D eigenvalue weighted by Gasteiger charge is 2.31. The summed E-state index contributed by atoms with van der Waals surface area (Å²) in [6.07, 6.45) is 2.76. The molecule has 1 heterocycles. The van der Waals surface area contributed by atoms with Crippen molar-refractivity contribution >= 4 is 11.5 Å². The molecule has 2 aromatic rings. The second-order valence-electron chi connectivity index (χ2n) is 5.44. The summed E-state index contributed by atoms with van der Waals surface area (Å²) in [5.74, 6) is 0.670. The Morgan fingerprint density at radius 3 is 2.55 bits per heavy atom. The normalized spacial score (nSPS) is 15.3. The van der Waals surface area contributed by atoms with Gasteiger partial charge in [-0.3, -0.25) is 10.1 Å². The van der Waals surface area contributed by atoms with Gasteiger partial charge in [-0.25, -0.2) is 4.98 Å². The van der Waals surface area contributed by atoms with Crippen molar-refractivity contribution in [2.24, 2.45) is 0 Å². The quantitative estimate of drug-likeness (QED) is 0.655. The molecule has 1 N–H and O–H groups in total. The molecule has 0 bridgehead atoms. The Kier molecular flexibility index (Phi) is 4.02. The molecule has 6 heteroatoms. The van der Waals surface area contributed by atoms with Crippen LogP contribution >= 0.6 is 0 Å². The van der Waals surface area contributed by atoms with Gasteiger partial charge in [0.1, 0.15) is 12.0 Å². The Labute approximate surface area is 128 Å². The number of hydrogen-bond donors (Lipinski definition) is 1. The molecule has 0 amide bonds. The molecule has 0 saturated heterocycles. The number of aliphatic hydroxyl groups is 1. The van der Waals surface area contributed by atoms with Crippen LogP contribution in [0.25, 0.3) is 0 Å². The van der Waals surface area contributed by atoms with Gasteiger partial charge in [0.25, 0.3) is 5.69 Å². The second-order valence-corrected chi connectivity index (χ2v) is 5.44. The standard InChI is InChI=1S/C16H17N3O3/c20-15(12-4-2-1-3-5-12)11-18(13-6-7-13)16-9-8-14(10-17-16)19(21)22/h1-5,8-10,13,15,20H,6-7,11H2. The van der Waals surface area contributed by atoms with E-state index in [1.54, 1.807) is 6.07 Å². The molecule has 0 aliphatic heterocycles. The number of rotatable bonds is 6. The first-order valence-electron chi connectivity index (χ1n) is 7.25. The maximum atomic E-state index is 10.7. The van der Waals surface area contributed by atoms with Crippen LogP contribution in [0.15, 0.2) is 48.7 Å². The Hall–Kier alpha value is -2.47.